The van der Waals surface area contributed by atoms with Crippen LogP contribution in [0.3, 0.4) is 0 Å². The summed E-state index contributed by atoms with van der Waals surface area (Å²) in [7, 11) is 3.07. The van der Waals surface area contributed by atoms with E-state index in [1.165, 1.54) is 16.8 Å². The SMILES string of the molecule is CC1=C([N+](=O)[O-])[C@H](c2ccc3c(c2)OCO3)N(C)C(=O)N1C. The molecule has 0 aromatic heterocycles. The Morgan fingerprint density at radius 1 is 1.27 bits per heavy atom. The Bertz CT molecular complexity index is 700. The van der Waals surface area contributed by atoms with Crippen molar-refractivity contribution in [3.8, 4) is 11.5 Å². The van der Waals surface area contributed by atoms with Crippen LogP contribution in [-0.4, -0.2) is 41.6 Å². The van der Waals surface area contributed by atoms with Gasteiger partial charge in [-0.3, -0.25) is 15.0 Å². The minimum Gasteiger partial charge on any atom is -0.454 e. The Balaban J connectivity index is 2.14. The molecule has 0 unspecified atom stereocenters. The number of benzene rings is 1. The molecule has 8 nitrogen and oxygen atoms in total. The number of nitro groups is 1. The lowest BCUT2D eigenvalue weighted by atomic mass is 9.98. The van der Waals surface area contributed by atoms with Crippen LogP contribution in [0.5, 0.6) is 11.5 Å². The molecule has 8 heteroatoms. The summed E-state index contributed by atoms with van der Waals surface area (Å²) in [5.41, 5.74) is 0.915. The molecular formula is C14H15N3O5. The van der Waals surface area contributed by atoms with E-state index in [1.807, 2.05) is 0 Å². The van der Waals surface area contributed by atoms with Gasteiger partial charge in [0.2, 0.25) is 6.79 Å². The van der Waals surface area contributed by atoms with Crippen molar-refractivity contribution in [3.63, 3.8) is 0 Å². The molecule has 2 aliphatic rings. The standard InChI is InChI=1S/C14H15N3O5/c1-8-12(17(19)20)13(16(3)14(18)15(8)2)9-4-5-10-11(6-9)22-7-21-10/h4-6,13H,7H2,1-3H3/t13-/m0/s1. The van der Waals surface area contributed by atoms with Gasteiger partial charge in [-0.25, -0.2) is 4.79 Å². The number of hydrogen-bond donors (Lipinski definition) is 0. The lowest BCUT2D eigenvalue weighted by molar-refractivity contribution is -0.436. The quantitative estimate of drug-likeness (QED) is 0.616. The van der Waals surface area contributed by atoms with Gasteiger partial charge in [0, 0.05) is 14.1 Å². The largest absolute Gasteiger partial charge is 0.454 e. The zero-order chi connectivity index (χ0) is 16.0. The summed E-state index contributed by atoms with van der Waals surface area (Å²) in [6, 6.07) is 4.02. The number of hydrogen-bond acceptors (Lipinski definition) is 5. The Hall–Kier alpha value is -2.77. The second-order valence-electron chi connectivity index (χ2n) is 5.20. The van der Waals surface area contributed by atoms with Crippen molar-refractivity contribution in [2.24, 2.45) is 0 Å². The average molecular weight is 305 g/mol. The van der Waals surface area contributed by atoms with Gasteiger partial charge in [0.1, 0.15) is 0 Å². The van der Waals surface area contributed by atoms with Gasteiger partial charge in [-0.2, -0.15) is 0 Å². The number of likely N-dealkylation sites (N-methyl/N-ethyl adjacent to an activating group) is 1. The molecule has 0 N–H and O–H groups in total. The van der Waals surface area contributed by atoms with Crippen LogP contribution >= 0.6 is 0 Å². The van der Waals surface area contributed by atoms with Crippen LogP contribution in [0.15, 0.2) is 29.6 Å². The van der Waals surface area contributed by atoms with Crippen molar-refractivity contribution in [2.75, 3.05) is 20.9 Å². The molecule has 1 aromatic rings. The molecule has 2 amide bonds. The van der Waals surface area contributed by atoms with E-state index in [4.69, 9.17) is 9.47 Å². The first kappa shape index (κ1) is 14.2. The van der Waals surface area contributed by atoms with Crippen molar-refractivity contribution in [3.05, 3.63) is 45.3 Å². The minimum absolute atomic E-state index is 0.0246. The van der Waals surface area contributed by atoms with Gasteiger partial charge in [0.15, 0.2) is 17.5 Å². The molecule has 0 saturated carbocycles. The van der Waals surface area contributed by atoms with E-state index in [2.05, 4.69) is 0 Å². The smallest absolute Gasteiger partial charge is 0.324 e. The van der Waals surface area contributed by atoms with Gasteiger partial charge in [0.25, 0.3) is 5.70 Å². The van der Waals surface area contributed by atoms with Crippen molar-refractivity contribution < 1.29 is 19.2 Å². The summed E-state index contributed by atoms with van der Waals surface area (Å²) in [4.78, 5) is 26.0. The van der Waals surface area contributed by atoms with Crippen LogP contribution in [0.2, 0.25) is 0 Å². The lowest BCUT2D eigenvalue weighted by Gasteiger charge is -2.36. The number of nitrogens with zero attached hydrogens (tertiary/aromatic N) is 3. The molecule has 0 radical (unpaired) electrons. The lowest BCUT2D eigenvalue weighted by Crippen LogP contribution is -2.47. The van der Waals surface area contributed by atoms with Crippen molar-refractivity contribution >= 4 is 6.03 Å². The van der Waals surface area contributed by atoms with Crippen molar-refractivity contribution in [1.29, 1.82) is 0 Å². The van der Waals surface area contributed by atoms with Crippen LogP contribution in [0.25, 0.3) is 0 Å². The fraction of sp³-hybridized carbons (Fsp3) is 0.357. The Kier molecular flexibility index (Phi) is 3.16. The van der Waals surface area contributed by atoms with E-state index in [0.29, 0.717) is 22.8 Å². The molecule has 2 heterocycles. The summed E-state index contributed by atoms with van der Waals surface area (Å²) in [5.74, 6) is 1.12. The van der Waals surface area contributed by atoms with Crippen LogP contribution in [-0.2, 0) is 0 Å². The van der Waals surface area contributed by atoms with E-state index >= 15 is 0 Å². The predicted molar refractivity (Wildman–Crippen MR) is 75.9 cm³/mol. The third kappa shape index (κ3) is 1.95. The van der Waals surface area contributed by atoms with E-state index in [-0.39, 0.29) is 18.5 Å². The molecule has 0 saturated heterocycles. The van der Waals surface area contributed by atoms with Gasteiger partial charge < -0.3 is 14.4 Å². The van der Waals surface area contributed by atoms with Gasteiger partial charge >= 0.3 is 6.03 Å². The number of fused-ring (bicyclic) bond motifs is 1. The molecule has 0 aliphatic carbocycles. The van der Waals surface area contributed by atoms with Crippen molar-refractivity contribution in [2.45, 2.75) is 13.0 Å². The number of rotatable bonds is 2. The van der Waals surface area contributed by atoms with Crippen LogP contribution in [0.1, 0.15) is 18.5 Å². The number of allylic oxidation sites excluding steroid dienone is 1. The molecule has 1 atom stereocenters. The molecule has 0 bridgehead atoms. The van der Waals surface area contributed by atoms with Crippen LogP contribution in [0, 0.1) is 10.1 Å². The second kappa shape index (κ2) is 4.90. The summed E-state index contributed by atoms with van der Waals surface area (Å²) < 4.78 is 10.6. The zero-order valence-corrected chi connectivity index (χ0v) is 12.4. The first-order chi connectivity index (χ1) is 10.4. The van der Waals surface area contributed by atoms with Gasteiger partial charge in [-0.05, 0) is 24.6 Å². The van der Waals surface area contributed by atoms with Crippen molar-refractivity contribution in [1.82, 2.24) is 9.80 Å². The Labute approximate surface area is 126 Å². The molecule has 0 fully saturated rings. The molecule has 0 spiro atoms. The van der Waals surface area contributed by atoms with E-state index in [9.17, 15) is 14.9 Å². The maximum atomic E-state index is 12.3. The summed E-state index contributed by atoms with van der Waals surface area (Å²) in [6.07, 6.45) is 0. The van der Waals surface area contributed by atoms with Gasteiger partial charge in [-0.1, -0.05) is 6.07 Å². The Morgan fingerprint density at radius 2 is 1.95 bits per heavy atom. The average Bonchev–Trinajstić information content (AvgIpc) is 2.95. The highest BCUT2D eigenvalue weighted by molar-refractivity contribution is 5.78. The highest BCUT2D eigenvalue weighted by Crippen LogP contribution is 2.40. The van der Waals surface area contributed by atoms with E-state index in [1.54, 1.807) is 32.2 Å². The minimum atomic E-state index is -0.770. The fourth-order valence-electron chi connectivity index (χ4n) is 2.74. The fourth-order valence-corrected chi connectivity index (χ4v) is 2.74. The molecule has 22 heavy (non-hydrogen) atoms. The molecule has 116 valence electrons. The summed E-state index contributed by atoms with van der Waals surface area (Å²) in [5, 5.41) is 11.5. The monoisotopic (exact) mass is 305 g/mol. The molecular weight excluding hydrogens is 290 g/mol. The number of urea groups is 1. The first-order valence-electron chi connectivity index (χ1n) is 6.67. The molecule has 2 aliphatic heterocycles. The predicted octanol–water partition coefficient (Wildman–Crippen LogP) is 1.96. The molecule has 1 aromatic carbocycles. The summed E-state index contributed by atoms with van der Waals surface area (Å²) >= 11 is 0. The first-order valence-corrected chi connectivity index (χ1v) is 6.67. The van der Waals surface area contributed by atoms with Crippen LogP contribution < -0.4 is 9.47 Å². The normalized spacial score (nSPS) is 20.7. The van der Waals surface area contributed by atoms with Gasteiger partial charge in [0.05, 0.1) is 10.6 Å². The number of ether oxygens (including phenoxy) is 2. The highest BCUT2D eigenvalue weighted by atomic mass is 16.7. The van der Waals surface area contributed by atoms with Gasteiger partial charge in [-0.15, -0.1) is 0 Å². The van der Waals surface area contributed by atoms with E-state index in [0.717, 1.165) is 0 Å². The number of carbonyl (C=O) groups excluding carboxylic acids is 1. The number of carbonyl (C=O) groups is 1. The maximum absolute atomic E-state index is 12.3. The van der Waals surface area contributed by atoms with Crippen LogP contribution in [0.4, 0.5) is 4.79 Å². The topological polar surface area (TPSA) is 85.1 Å². The number of amides is 2. The highest BCUT2D eigenvalue weighted by Gasteiger charge is 2.42. The second-order valence-corrected chi connectivity index (χ2v) is 5.20. The maximum Gasteiger partial charge on any atom is 0.324 e. The summed E-state index contributed by atoms with van der Waals surface area (Å²) in [6.45, 7) is 1.70. The molecule has 3 rings (SSSR count). The third-order valence-electron chi connectivity index (χ3n) is 4.02. The van der Waals surface area contributed by atoms with E-state index < -0.39 is 11.0 Å². The Morgan fingerprint density at radius 3 is 2.64 bits per heavy atom. The zero-order valence-electron chi connectivity index (χ0n) is 12.4. The third-order valence-corrected chi connectivity index (χ3v) is 4.02.